The summed E-state index contributed by atoms with van der Waals surface area (Å²) < 4.78 is 0. The average molecular weight is 408 g/mol. The minimum Gasteiger partial charge on any atom is -0.323 e. The summed E-state index contributed by atoms with van der Waals surface area (Å²) in [6.07, 6.45) is 0. The van der Waals surface area contributed by atoms with Crippen LogP contribution in [0, 0.1) is 17.9 Å². The van der Waals surface area contributed by atoms with Crippen LogP contribution in [0.1, 0.15) is 41.5 Å². The molecule has 0 spiro atoms. The predicted octanol–water partition coefficient (Wildman–Crippen LogP) is 6.45. The molecule has 0 aliphatic rings. The zero-order valence-corrected chi connectivity index (χ0v) is 17.7. The first kappa shape index (κ1) is 26.4. The van der Waals surface area contributed by atoms with E-state index in [4.69, 9.17) is 0 Å². The van der Waals surface area contributed by atoms with E-state index in [-0.39, 0.29) is 30.3 Å². The van der Waals surface area contributed by atoms with Crippen molar-refractivity contribution in [2.75, 3.05) is 0 Å². The van der Waals surface area contributed by atoms with Gasteiger partial charge in [-0.2, -0.15) is 51.4 Å². The number of hydrogen-bond donors (Lipinski definition) is 0. The van der Waals surface area contributed by atoms with Crippen LogP contribution in [-0.2, 0) is 20.4 Å². The number of benzene rings is 2. The molecule has 1 unspecified atom stereocenters. The van der Waals surface area contributed by atoms with Crippen LogP contribution in [-0.4, -0.2) is 0 Å². The molecule has 0 N–H and O–H groups in total. The fourth-order valence-corrected chi connectivity index (χ4v) is 1.19. The Bertz CT molecular complexity index is 375. The van der Waals surface area contributed by atoms with Gasteiger partial charge < -0.3 is 11.8 Å². The Morgan fingerprint density at radius 1 is 0.682 bits per heavy atom. The van der Waals surface area contributed by atoms with Crippen molar-refractivity contribution in [3.8, 4) is 11.1 Å². The number of hydrogen-bond acceptors (Lipinski definition) is 0. The molecule has 128 valence electrons. The van der Waals surface area contributed by atoms with E-state index in [2.05, 4.69) is 65.8 Å². The van der Waals surface area contributed by atoms with E-state index in [1.165, 1.54) is 17.4 Å². The molecule has 2 rings (SSSR count). The molecule has 0 aliphatic carbocycles. The molecule has 22 heavy (non-hydrogen) atoms. The van der Waals surface area contributed by atoms with E-state index in [0.29, 0.717) is 0 Å². The van der Waals surface area contributed by atoms with E-state index >= 15 is 0 Å². The van der Waals surface area contributed by atoms with Crippen LogP contribution >= 0.6 is 9.90 Å². The summed E-state index contributed by atoms with van der Waals surface area (Å²) >= 11 is 0. The molecule has 1 atom stereocenters. The monoisotopic (exact) mass is 407 g/mol. The van der Waals surface area contributed by atoms with Crippen molar-refractivity contribution in [2.45, 2.75) is 41.5 Å². The van der Waals surface area contributed by atoms with E-state index < -0.39 is 0 Å². The maximum Gasteiger partial charge on any atom is 0 e. The van der Waals surface area contributed by atoms with Gasteiger partial charge in [0.15, 0.2) is 0 Å². The van der Waals surface area contributed by atoms with Crippen LogP contribution in [0.15, 0.2) is 54.6 Å². The first-order chi connectivity index (χ1) is 9.43. The first-order valence-corrected chi connectivity index (χ1v) is 6.99. The largest absolute Gasteiger partial charge is 0.323 e. The molecular formula is C20H30PPd-3. The maximum atomic E-state index is 3.18. The van der Waals surface area contributed by atoms with Gasteiger partial charge in [-0.15, -0.1) is 35.9 Å². The van der Waals surface area contributed by atoms with Crippen molar-refractivity contribution >= 4 is 9.90 Å². The van der Waals surface area contributed by atoms with Crippen LogP contribution in [0.5, 0.6) is 0 Å². The Morgan fingerprint density at radius 3 is 1.45 bits per heavy atom. The topological polar surface area (TPSA) is 0 Å². The Labute approximate surface area is 155 Å². The van der Waals surface area contributed by atoms with E-state index in [1.807, 2.05) is 36.4 Å². The van der Waals surface area contributed by atoms with Gasteiger partial charge in [0, 0.05) is 20.4 Å². The third kappa shape index (κ3) is 17.6. The summed E-state index contributed by atoms with van der Waals surface area (Å²) in [4.78, 5) is 0. The average Bonchev–Trinajstić information content (AvgIpc) is 2.39. The van der Waals surface area contributed by atoms with E-state index in [9.17, 15) is 0 Å². The van der Waals surface area contributed by atoms with Crippen molar-refractivity contribution in [1.82, 2.24) is 0 Å². The molecule has 0 saturated carbocycles. The van der Waals surface area contributed by atoms with Crippen LogP contribution in [0.25, 0.3) is 11.1 Å². The van der Waals surface area contributed by atoms with Crippen LogP contribution in [0.3, 0.4) is 0 Å². The third-order valence-corrected chi connectivity index (χ3v) is 1.79. The molecule has 0 heterocycles. The van der Waals surface area contributed by atoms with Crippen molar-refractivity contribution < 1.29 is 20.4 Å². The van der Waals surface area contributed by atoms with Gasteiger partial charge in [-0.05, 0) is 0 Å². The van der Waals surface area contributed by atoms with Gasteiger partial charge in [0.05, 0.1) is 0 Å². The fourth-order valence-electron chi connectivity index (χ4n) is 1.19. The first-order valence-electron chi connectivity index (χ1n) is 6.99. The van der Waals surface area contributed by atoms with Gasteiger partial charge in [0.25, 0.3) is 0 Å². The summed E-state index contributed by atoms with van der Waals surface area (Å²) in [6.45, 7) is 12.5. The molecular weight excluding hydrogens is 378 g/mol. The number of rotatable bonds is 1. The van der Waals surface area contributed by atoms with E-state index in [1.54, 1.807) is 0 Å². The second-order valence-electron chi connectivity index (χ2n) is 5.64. The van der Waals surface area contributed by atoms with Gasteiger partial charge in [-0.1, -0.05) is 35.9 Å². The second-order valence-corrected chi connectivity index (χ2v) is 5.64. The molecule has 0 nitrogen and oxygen atoms in total. The summed E-state index contributed by atoms with van der Waals surface area (Å²) in [6, 6.07) is 21.5. The molecule has 0 aromatic heterocycles. The summed E-state index contributed by atoms with van der Waals surface area (Å²) in [7, 11) is 0. The van der Waals surface area contributed by atoms with Crippen molar-refractivity contribution in [1.29, 1.82) is 0 Å². The molecule has 0 fully saturated rings. The zero-order valence-electron chi connectivity index (χ0n) is 14.7. The normalized spacial score (nSPS) is 8.55. The molecule has 2 heteroatoms. The quantitative estimate of drug-likeness (QED) is 0.289. The van der Waals surface area contributed by atoms with Gasteiger partial charge in [0.1, 0.15) is 0 Å². The van der Waals surface area contributed by atoms with Crippen LogP contribution < -0.4 is 0 Å². The molecule has 0 amide bonds. The van der Waals surface area contributed by atoms with Gasteiger partial charge in [0.2, 0.25) is 0 Å². The van der Waals surface area contributed by atoms with Crippen molar-refractivity contribution in [3.63, 3.8) is 0 Å². The minimum absolute atomic E-state index is 0. The molecule has 2 aromatic rings. The fraction of sp³-hybridized carbons (Fsp3) is 0.300. The third-order valence-electron chi connectivity index (χ3n) is 1.79. The molecule has 0 saturated heterocycles. The van der Waals surface area contributed by atoms with E-state index in [0.717, 1.165) is 5.56 Å². The summed E-state index contributed by atoms with van der Waals surface area (Å²) in [5.74, 6) is 2.83. The molecule has 0 bridgehead atoms. The smallest absolute Gasteiger partial charge is 0 e. The second kappa shape index (κ2) is 16.9. The summed E-state index contributed by atoms with van der Waals surface area (Å²) in [5.41, 5.74) is 2.37. The standard InChI is InChI=1S/C12H9.2C4H9.H3P.Pd/c1-3-7-11(8-4-1)12-9-5-2-6-10-12;2*1-4(2)3;;/h1-9H;2*1-3H3;1H3;/q3*-1;;. The molecule has 2 aromatic carbocycles. The van der Waals surface area contributed by atoms with Gasteiger partial charge in [-0.25, -0.2) is 0 Å². The van der Waals surface area contributed by atoms with Crippen molar-refractivity contribution in [2.24, 2.45) is 0 Å². The van der Waals surface area contributed by atoms with Crippen LogP contribution in [0.2, 0.25) is 0 Å². The molecule has 0 radical (unpaired) electrons. The Morgan fingerprint density at radius 2 is 1.09 bits per heavy atom. The summed E-state index contributed by atoms with van der Waals surface area (Å²) in [5, 5.41) is 0. The SMILES string of the molecule is C[C-](C)C.C[C-](C)C.P.[Pd].[c-]1ccccc1-c1ccccc1. The molecule has 0 aliphatic heterocycles. The Balaban J connectivity index is -0.000000310. The maximum absolute atomic E-state index is 3.18. The predicted molar refractivity (Wildman–Crippen MR) is 102 cm³/mol. The van der Waals surface area contributed by atoms with Crippen LogP contribution in [0.4, 0.5) is 0 Å². The Hall–Kier alpha value is -0.468. The zero-order chi connectivity index (χ0) is 15.4. The Kier molecular flexibility index (Phi) is 20.3. The van der Waals surface area contributed by atoms with Crippen molar-refractivity contribution in [3.05, 3.63) is 72.5 Å². The van der Waals surface area contributed by atoms with Gasteiger partial charge >= 0.3 is 0 Å². The minimum atomic E-state index is 0. The van der Waals surface area contributed by atoms with Gasteiger partial charge in [-0.3, -0.25) is 0 Å².